The van der Waals surface area contributed by atoms with Gasteiger partial charge < -0.3 is 4.90 Å². The minimum absolute atomic E-state index is 0.143. The molecule has 0 aromatic carbocycles. The molecule has 0 aromatic heterocycles. The lowest BCUT2D eigenvalue weighted by atomic mass is 9.94. The van der Waals surface area contributed by atoms with Gasteiger partial charge in [0, 0.05) is 13.1 Å². The van der Waals surface area contributed by atoms with Crippen molar-refractivity contribution in [1.29, 1.82) is 0 Å². The highest BCUT2D eigenvalue weighted by Gasteiger charge is 2.31. The van der Waals surface area contributed by atoms with Crippen LogP contribution in [0.5, 0.6) is 0 Å². The van der Waals surface area contributed by atoms with Crippen LogP contribution in [0.3, 0.4) is 0 Å². The van der Waals surface area contributed by atoms with E-state index in [2.05, 4.69) is 18.9 Å². The molecule has 26 heavy (non-hydrogen) atoms. The van der Waals surface area contributed by atoms with Gasteiger partial charge in [0.15, 0.2) is 0 Å². The molecule has 2 aliphatic rings. The van der Waals surface area contributed by atoms with Gasteiger partial charge in [0.25, 0.3) is 0 Å². The van der Waals surface area contributed by atoms with E-state index in [0.29, 0.717) is 6.54 Å². The second-order valence-corrected chi connectivity index (χ2v) is 11.0. The molecule has 2 unspecified atom stereocenters. The van der Waals surface area contributed by atoms with E-state index >= 15 is 0 Å². The van der Waals surface area contributed by atoms with Crippen molar-refractivity contribution in [1.82, 2.24) is 9.21 Å². The molecular weight excluding hydrogens is 344 g/mol. The van der Waals surface area contributed by atoms with Crippen molar-refractivity contribution in [2.45, 2.75) is 95.6 Å². The number of hydrogen-bond donors (Lipinski definition) is 0. The van der Waals surface area contributed by atoms with Crippen molar-refractivity contribution in [2.75, 3.05) is 33.2 Å². The summed E-state index contributed by atoms with van der Waals surface area (Å²) in [6, 6.07) is 0. The van der Waals surface area contributed by atoms with E-state index in [1.807, 2.05) is 4.31 Å². The Bertz CT molecular complexity index is 480. The average Bonchev–Trinajstić information content (AvgIpc) is 2.70. The standard InChI is InChI=1S/C21H42N2O2S/c1-20-12-5-3-4-6-14-21(15-8-7-13-20)26(24,25)23-18-10-9-16-22(2)17-11-19-23/h20-21H,3-19H2,1-2H3. The zero-order chi connectivity index (χ0) is 18.8. The van der Waals surface area contributed by atoms with Gasteiger partial charge in [-0.15, -0.1) is 0 Å². The quantitative estimate of drug-likeness (QED) is 0.693. The van der Waals surface area contributed by atoms with Crippen LogP contribution >= 0.6 is 0 Å². The number of nitrogens with zero attached hydrogens (tertiary/aromatic N) is 2. The van der Waals surface area contributed by atoms with Gasteiger partial charge in [0.1, 0.15) is 0 Å². The highest BCUT2D eigenvalue weighted by atomic mass is 32.2. The number of hydrogen-bond acceptors (Lipinski definition) is 3. The van der Waals surface area contributed by atoms with Gasteiger partial charge in [-0.3, -0.25) is 0 Å². The predicted octanol–water partition coefficient (Wildman–Crippen LogP) is 4.65. The molecule has 0 bridgehead atoms. The summed E-state index contributed by atoms with van der Waals surface area (Å²) in [5, 5.41) is -0.143. The summed E-state index contributed by atoms with van der Waals surface area (Å²) < 4.78 is 28.6. The van der Waals surface area contributed by atoms with Gasteiger partial charge in [-0.25, -0.2) is 12.7 Å². The van der Waals surface area contributed by atoms with E-state index in [1.165, 1.54) is 38.5 Å². The van der Waals surface area contributed by atoms with E-state index in [0.717, 1.165) is 70.5 Å². The smallest absolute Gasteiger partial charge is 0.216 e. The molecule has 0 N–H and O–H groups in total. The highest BCUT2D eigenvalue weighted by Crippen LogP contribution is 2.26. The molecule has 0 radical (unpaired) electrons. The van der Waals surface area contributed by atoms with Crippen LogP contribution in [0.1, 0.15) is 90.4 Å². The molecular formula is C21H42N2O2S. The van der Waals surface area contributed by atoms with E-state index in [-0.39, 0.29) is 5.25 Å². The first-order valence-corrected chi connectivity index (χ1v) is 12.7. The summed E-state index contributed by atoms with van der Waals surface area (Å²) in [5.41, 5.74) is 0. The summed E-state index contributed by atoms with van der Waals surface area (Å²) in [4.78, 5) is 2.34. The molecule has 1 aliphatic carbocycles. The average molecular weight is 387 g/mol. The van der Waals surface area contributed by atoms with Crippen molar-refractivity contribution in [2.24, 2.45) is 5.92 Å². The lowest BCUT2D eigenvalue weighted by Crippen LogP contribution is -2.40. The maximum absolute atomic E-state index is 13.4. The topological polar surface area (TPSA) is 40.6 Å². The Morgan fingerprint density at radius 2 is 1.15 bits per heavy atom. The zero-order valence-corrected chi connectivity index (χ0v) is 18.1. The normalized spacial score (nSPS) is 30.4. The van der Waals surface area contributed by atoms with Gasteiger partial charge in [0.2, 0.25) is 10.0 Å². The Morgan fingerprint density at radius 3 is 1.88 bits per heavy atom. The first-order chi connectivity index (χ1) is 12.5. The van der Waals surface area contributed by atoms with Crippen LogP contribution in [0.15, 0.2) is 0 Å². The number of sulfonamides is 1. The van der Waals surface area contributed by atoms with Crippen molar-refractivity contribution in [3.05, 3.63) is 0 Å². The van der Waals surface area contributed by atoms with Gasteiger partial charge in [0.05, 0.1) is 5.25 Å². The minimum Gasteiger partial charge on any atom is -0.306 e. The van der Waals surface area contributed by atoms with Crippen LogP contribution < -0.4 is 0 Å². The lowest BCUT2D eigenvalue weighted by Gasteiger charge is -2.28. The van der Waals surface area contributed by atoms with Gasteiger partial charge in [-0.2, -0.15) is 0 Å². The summed E-state index contributed by atoms with van der Waals surface area (Å²) in [6.07, 6.45) is 14.5. The Balaban J connectivity index is 1.99. The zero-order valence-electron chi connectivity index (χ0n) is 17.3. The van der Waals surface area contributed by atoms with Crippen molar-refractivity contribution < 1.29 is 8.42 Å². The first-order valence-electron chi connectivity index (χ1n) is 11.2. The molecule has 4 nitrogen and oxygen atoms in total. The molecule has 2 atom stereocenters. The maximum Gasteiger partial charge on any atom is 0.216 e. The van der Waals surface area contributed by atoms with E-state index in [9.17, 15) is 8.42 Å². The fourth-order valence-electron chi connectivity index (χ4n) is 4.55. The Kier molecular flexibility index (Phi) is 9.93. The highest BCUT2D eigenvalue weighted by molar-refractivity contribution is 7.89. The molecule has 1 aliphatic heterocycles. The van der Waals surface area contributed by atoms with E-state index in [1.54, 1.807) is 0 Å². The molecule has 5 heteroatoms. The summed E-state index contributed by atoms with van der Waals surface area (Å²) in [5.74, 6) is 0.805. The van der Waals surface area contributed by atoms with Crippen molar-refractivity contribution in [3.63, 3.8) is 0 Å². The van der Waals surface area contributed by atoms with Crippen LogP contribution in [0, 0.1) is 5.92 Å². The third kappa shape index (κ3) is 7.47. The lowest BCUT2D eigenvalue weighted by molar-refractivity contribution is 0.326. The van der Waals surface area contributed by atoms with Crippen molar-refractivity contribution >= 4 is 10.0 Å². The molecule has 1 heterocycles. The van der Waals surface area contributed by atoms with Gasteiger partial charge in [-0.1, -0.05) is 58.3 Å². The van der Waals surface area contributed by atoms with Crippen LogP contribution in [-0.4, -0.2) is 56.1 Å². The van der Waals surface area contributed by atoms with Crippen LogP contribution in [-0.2, 0) is 10.0 Å². The van der Waals surface area contributed by atoms with Crippen LogP contribution in [0.2, 0.25) is 0 Å². The minimum atomic E-state index is -3.15. The van der Waals surface area contributed by atoms with Crippen molar-refractivity contribution in [3.8, 4) is 0 Å². The van der Waals surface area contributed by atoms with Gasteiger partial charge >= 0.3 is 0 Å². The summed E-state index contributed by atoms with van der Waals surface area (Å²) in [6.45, 7) is 5.90. The molecule has 2 rings (SSSR count). The molecule has 1 saturated heterocycles. The molecule has 0 aromatic rings. The third-order valence-electron chi connectivity index (χ3n) is 6.37. The van der Waals surface area contributed by atoms with Gasteiger partial charge in [-0.05, 0) is 58.2 Å². The Morgan fingerprint density at radius 1 is 0.654 bits per heavy atom. The van der Waals surface area contributed by atoms with Crippen LogP contribution in [0.25, 0.3) is 0 Å². The second kappa shape index (κ2) is 11.7. The number of rotatable bonds is 2. The maximum atomic E-state index is 13.4. The first kappa shape index (κ1) is 22.2. The summed E-state index contributed by atoms with van der Waals surface area (Å²) >= 11 is 0. The molecule has 1 saturated carbocycles. The summed E-state index contributed by atoms with van der Waals surface area (Å²) in [7, 11) is -0.995. The SMILES string of the molecule is CC1CCCCCCC(S(=O)(=O)N2CCCCN(C)CCC2)CCCC1. The Labute approximate surface area is 162 Å². The molecule has 0 spiro atoms. The van der Waals surface area contributed by atoms with E-state index in [4.69, 9.17) is 0 Å². The Hall–Kier alpha value is -0.130. The van der Waals surface area contributed by atoms with Crippen LogP contribution in [0.4, 0.5) is 0 Å². The molecule has 154 valence electrons. The monoisotopic (exact) mass is 386 g/mol. The fourth-order valence-corrected chi connectivity index (χ4v) is 6.66. The van der Waals surface area contributed by atoms with E-state index < -0.39 is 10.0 Å². The predicted molar refractivity (Wildman–Crippen MR) is 111 cm³/mol. The molecule has 2 fully saturated rings. The fraction of sp³-hybridized carbons (Fsp3) is 1.00. The third-order valence-corrected chi connectivity index (χ3v) is 8.77. The second-order valence-electron chi connectivity index (χ2n) is 8.81. The largest absolute Gasteiger partial charge is 0.306 e. The molecule has 0 amide bonds.